The Bertz CT molecular complexity index is 550. The van der Waals surface area contributed by atoms with Gasteiger partial charge in [0.05, 0.1) is 24.3 Å². The molecule has 2 N–H and O–H groups in total. The maximum Gasteiger partial charge on any atom is 0.275 e. The molecular weight excluding hydrogens is 242 g/mol. The molecule has 2 aromatic rings. The van der Waals surface area contributed by atoms with Crippen LogP contribution in [0.25, 0.3) is 0 Å². The first-order valence-corrected chi connectivity index (χ1v) is 5.99. The van der Waals surface area contributed by atoms with Crippen molar-refractivity contribution in [3.8, 4) is 0 Å². The maximum absolute atomic E-state index is 11.9. The standard InChI is InChI=1S/C13H15N5O/c1-3-14-12-8-16-11(7-17-12)13(19)18-10-5-4-9(2)15-6-10/h4-8H,3H2,1-2H3,(H,14,17)(H,18,19). The molecule has 0 spiro atoms. The summed E-state index contributed by atoms with van der Waals surface area (Å²) < 4.78 is 0. The van der Waals surface area contributed by atoms with Crippen molar-refractivity contribution in [3.63, 3.8) is 0 Å². The van der Waals surface area contributed by atoms with Gasteiger partial charge in [0.15, 0.2) is 0 Å². The maximum atomic E-state index is 11.9. The van der Waals surface area contributed by atoms with Gasteiger partial charge in [0, 0.05) is 12.2 Å². The number of aromatic nitrogens is 3. The van der Waals surface area contributed by atoms with Crippen molar-refractivity contribution >= 4 is 17.4 Å². The molecule has 0 atom stereocenters. The predicted octanol–water partition coefficient (Wildman–Crippen LogP) is 1.86. The molecule has 98 valence electrons. The molecule has 6 heteroatoms. The zero-order chi connectivity index (χ0) is 13.7. The van der Waals surface area contributed by atoms with Gasteiger partial charge in [-0.25, -0.2) is 9.97 Å². The van der Waals surface area contributed by atoms with Gasteiger partial charge in [-0.3, -0.25) is 9.78 Å². The predicted molar refractivity (Wildman–Crippen MR) is 73.1 cm³/mol. The third-order valence-corrected chi connectivity index (χ3v) is 2.41. The second kappa shape index (κ2) is 5.90. The van der Waals surface area contributed by atoms with Gasteiger partial charge in [-0.2, -0.15) is 0 Å². The Labute approximate surface area is 111 Å². The van der Waals surface area contributed by atoms with E-state index >= 15 is 0 Å². The summed E-state index contributed by atoms with van der Waals surface area (Å²) in [5.41, 5.74) is 1.79. The second-order valence-electron chi connectivity index (χ2n) is 3.96. The van der Waals surface area contributed by atoms with Crippen LogP contribution in [-0.2, 0) is 0 Å². The summed E-state index contributed by atoms with van der Waals surface area (Å²) in [4.78, 5) is 24.2. The lowest BCUT2D eigenvalue weighted by molar-refractivity contribution is 0.102. The molecule has 0 bridgehead atoms. The van der Waals surface area contributed by atoms with Gasteiger partial charge in [0.25, 0.3) is 5.91 Å². The van der Waals surface area contributed by atoms with Crippen molar-refractivity contribution in [2.24, 2.45) is 0 Å². The number of nitrogens with one attached hydrogen (secondary N) is 2. The van der Waals surface area contributed by atoms with E-state index < -0.39 is 0 Å². The average molecular weight is 257 g/mol. The van der Waals surface area contributed by atoms with E-state index in [2.05, 4.69) is 25.6 Å². The Balaban J connectivity index is 2.05. The van der Waals surface area contributed by atoms with Crippen LogP contribution < -0.4 is 10.6 Å². The number of carbonyl (C=O) groups is 1. The molecular formula is C13H15N5O. The number of amides is 1. The van der Waals surface area contributed by atoms with Crippen molar-refractivity contribution in [3.05, 3.63) is 42.1 Å². The molecule has 0 saturated heterocycles. The van der Waals surface area contributed by atoms with Gasteiger partial charge in [-0.15, -0.1) is 0 Å². The van der Waals surface area contributed by atoms with Crippen LogP contribution in [0.2, 0.25) is 0 Å². The summed E-state index contributed by atoms with van der Waals surface area (Å²) in [5.74, 6) is 0.345. The Morgan fingerprint density at radius 3 is 2.58 bits per heavy atom. The first-order chi connectivity index (χ1) is 9.19. The summed E-state index contributed by atoms with van der Waals surface area (Å²) in [6, 6.07) is 3.62. The summed E-state index contributed by atoms with van der Waals surface area (Å²) in [6.45, 7) is 4.61. The number of anilines is 2. The molecule has 2 rings (SSSR count). The van der Waals surface area contributed by atoms with Crippen LogP contribution in [0.15, 0.2) is 30.7 Å². The van der Waals surface area contributed by atoms with E-state index in [1.165, 1.54) is 12.4 Å². The number of hydrogen-bond acceptors (Lipinski definition) is 5. The lowest BCUT2D eigenvalue weighted by atomic mass is 10.3. The smallest absolute Gasteiger partial charge is 0.275 e. The number of nitrogens with zero attached hydrogens (tertiary/aromatic N) is 3. The molecule has 0 aliphatic rings. The number of pyridine rings is 1. The zero-order valence-corrected chi connectivity index (χ0v) is 10.8. The van der Waals surface area contributed by atoms with Gasteiger partial charge in [0.1, 0.15) is 11.5 Å². The van der Waals surface area contributed by atoms with Crippen LogP contribution in [0.3, 0.4) is 0 Å². The van der Waals surface area contributed by atoms with E-state index in [0.29, 0.717) is 11.5 Å². The van der Waals surface area contributed by atoms with Crippen LogP contribution in [0.4, 0.5) is 11.5 Å². The summed E-state index contributed by atoms with van der Waals surface area (Å²) >= 11 is 0. The largest absolute Gasteiger partial charge is 0.369 e. The first kappa shape index (κ1) is 12.9. The SMILES string of the molecule is CCNc1cnc(C(=O)Nc2ccc(C)nc2)cn1. The van der Waals surface area contributed by atoms with E-state index in [4.69, 9.17) is 0 Å². The van der Waals surface area contributed by atoms with Crippen molar-refractivity contribution in [1.29, 1.82) is 0 Å². The van der Waals surface area contributed by atoms with E-state index in [0.717, 1.165) is 12.2 Å². The zero-order valence-electron chi connectivity index (χ0n) is 10.8. The van der Waals surface area contributed by atoms with Gasteiger partial charge in [-0.05, 0) is 26.0 Å². The quantitative estimate of drug-likeness (QED) is 0.874. The van der Waals surface area contributed by atoms with Crippen molar-refractivity contribution in [2.75, 3.05) is 17.2 Å². The van der Waals surface area contributed by atoms with Crippen molar-refractivity contribution in [2.45, 2.75) is 13.8 Å². The number of rotatable bonds is 4. The normalized spacial score (nSPS) is 10.0. The Morgan fingerprint density at radius 2 is 2.00 bits per heavy atom. The molecule has 2 aromatic heterocycles. The fourth-order valence-electron chi connectivity index (χ4n) is 1.45. The summed E-state index contributed by atoms with van der Waals surface area (Å²) in [6.07, 6.45) is 4.58. The van der Waals surface area contributed by atoms with Crippen LogP contribution >= 0.6 is 0 Å². The molecule has 0 unspecified atom stereocenters. The minimum atomic E-state index is -0.304. The molecule has 0 radical (unpaired) electrons. The Morgan fingerprint density at radius 1 is 1.16 bits per heavy atom. The molecule has 0 saturated carbocycles. The molecule has 2 heterocycles. The third-order valence-electron chi connectivity index (χ3n) is 2.41. The molecule has 19 heavy (non-hydrogen) atoms. The van der Waals surface area contributed by atoms with Crippen LogP contribution in [-0.4, -0.2) is 27.4 Å². The highest BCUT2D eigenvalue weighted by Gasteiger charge is 2.08. The van der Waals surface area contributed by atoms with Gasteiger partial charge >= 0.3 is 0 Å². The van der Waals surface area contributed by atoms with E-state index in [9.17, 15) is 4.79 Å². The monoisotopic (exact) mass is 257 g/mol. The van der Waals surface area contributed by atoms with Crippen LogP contribution in [0.5, 0.6) is 0 Å². The highest BCUT2D eigenvalue weighted by atomic mass is 16.1. The lowest BCUT2D eigenvalue weighted by Crippen LogP contribution is -2.14. The summed E-state index contributed by atoms with van der Waals surface area (Å²) in [7, 11) is 0. The van der Waals surface area contributed by atoms with Crippen LogP contribution in [0, 0.1) is 6.92 Å². The van der Waals surface area contributed by atoms with Gasteiger partial charge < -0.3 is 10.6 Å². The second-order valence-corrected chi connectivity index (χ2v) is 3.96. The Hall–Kier alpha value is -2.50. The molecule has 6 nitrogen and oxygen atoms in total. The van der Waals surface area contributed by atoms with Gasteiger partial charge in [-0.1, -0.05) is 0 Å². The first-order valence-electron chi connectivity index (χ1n) is 5.99. The highest BCUT2D eigenvalue weighted by Crippen LogP contribution is 2.08. The topological polar surface area (TPSA) is 79.8 Å². The Kier molecular flexibility index (Phi) is 4.02. The number of carbonyl (C=O) groups excluding carboxylic acids is 1. The molecule has 0 fully saturated rings. The fraction of sp³-hybridized carbons (Fsp3) is 0.231. The van der Waals surface area contributed by atoms with E-state index in [1.54, 1.807) is 12.3 Å². The van der Waals surface area contributed by atoms with Crippen molar-refractivity contribution in [1.82, 2.24) is 15.0 Å². The molecule has 0 aliphatic heterocycles. The van der Waals surface area contributed by atoms with Crippen LogP contribution in [0.1, 0.15) is 23.1 Å². The highest BCUT2D eigenvalue weighted by molar-refractivity contribution is 6.02. The molecule has 0 aromatic carbocycles. The average Bonchev–Trinajstić information content (AvgIpc) is 2.42. The number of aryl methyl sites for hydroxylation is 1. The minimum absolute atomic E-state index is 0.266. The van der Waals surface area contributed by atoms with Gasteiger partial charge in [0.2, 0.25) is 0 Å². The fourth-order valence-corrected chi connectivity index (χ4v) is 1.45. The summed E-state index contributed by atoms with van der Waals surface area (Å²) in [5, 5.41) is 5.73. The number of hydrogen-bond donors (Lipinski definition) is 2. The minimum Gasteiger partial charge on any atom is -0.369 e. The van der Waals surface area contributed by atoms with E-state index in [1.807, 2.05) is 19.9 Å². The molecule has 1 amide bonds. The molecule has 0 aliphatic carbocycles. The third kappa shape index (κ3) is 3.48. The van der Waals surface area contributed by atoms with Crippen molar-refractivity contribution < 1.29 is 4.79 Å². The lowest BCUT2D eigenvalue weighted by Gasteiger charge is -2.05. The van der Waals surface area contributed by atoms with E-state index in [-0.39, 0.29) is 11.6 Å².